The number of likely N-dealkylation sites (N-methyl/N-ethyl adjacent to an activating group) is 1. The zero-order chi connectivity index (χ0) is 19.7. The molecule has 0 aliphatic rings. The van der Waals surface area contributed by atoms with Gasteiger partial charge in [-0.1, -0.05) is 23.7 Å². The molecule has 1 aromatic carbocycles. The second-order valence-electron chi connectivity index (χ2n) is 6.84. The van der Waals surface area contributed by atoms with Crippen LogP contribution in [0.25, 0.3) is 0 Å². The zero-order valence-electron chi connectivity index (χ0n) is 14.8. The second-order valence-corrected chi connectivity index (χ2v) is 7.28. The zero-order valence-corrected chi connectivity index (χ0v) is 15.5. The summed E-state index contributed by atoms with van der Waals surface area (Å²) in [7, 11) is 1.10. The molecule has 142 valence electrons. The number of alkyl halides is 3. The van der Waals surface area contributed by atoms with E-state index in [9.17, 15) is 18.0 Å². The topological polar surface area (TPSA) is 63.9 Å². The normalized spacial score (nSPS) is 13.5. The van der Waals surface area contributed by atoms with Crippen molar-refractivity contribution in [2.24, 2.45) is 0 Å². The van der Waals surface area contributed by atoms with Crippen LogP contribution in [-0.2, 0) is 16.8 Å². The molecule has 1 unspecified atom stereocenters. The van der Waals surface area contributed by atoms with Crippen molar-refractivity contribution >= 4 is 17.5 Å². The fourth-order valence-corrected chi connectivity index (χ4v) is 2.41. The number of hydrogen-bond acceptors (Lipinski definition) is 4. The fraction of sp³-hybridized carbons (Fsp3) is 0.500. The molecule has 1 atom stereocenters. The van der Waals surface area contributed by atoms with Crippen LogP contribution in [0.4, 0.5) is 13.2 Å². The van der Waals surface area contributed by atoms with Gasteiger partial charge in [-0.25, -0.2) is 0 Å². The highest BCUT2D eigenvalue weighted by Gasteiger charge is 2.45. The van der Waals surface area contributed by atoms with Gasteiger partial charge in [0.15, 0.2) is 11.9 Å². The number of benzene rings is 1. The van der Waals surface area contributed by atoms with Gasteiger partial charge in [0.1, 0.15) is 0 Å². The Balaban J connectivity index is 2.22. The van der Waals surface area contributed by atoms with Gasteiger partial charge >= 0.3 is 6.18 Å². The molecule has 0 aliphatic heterocycles. The summed E-state index contributed by atoms with van der Waals surface area (Å²) in [5.41, 5.74) is -0.526. The summed E-state index contributed by atoms with van der Waals surface area (Å²) >= 11 is 5.73. The van der Waals surface area contributed by atoms with Gasteiger partial charge < -0.3 is 4.90 Å². The third-order valence-corrected chi connectivity index (χ3v) is 3.89. The predicted molar refractivity (Wildman–Crippen MR) is 89.5 cm³/mol. The van der Waals surface area contributed by atoms with E-state index in [0.29, 0.717) is 9.92 Å². The molecule has 0 N–H and O–H groups in total. The average molecular weight is 390 g/mol. The minimum Gasteiger partial charge on any atom is -0.330 e. The van der Waals surface area contributed by atoms with Gasteiger partial charge in [0, 0.05) is 12.1 Å². The van der Waals surface area contributed by atoms with Crippen LogP contribution >= 0.6 is 11.6 Å². The van der Waals surface area contributed by atoms with Crippen LogP contribution in [-0.4, -0.2) is 44.2 Å². The first-order valence-electron chi connectivity index (χ1n) is 7.77. The van der Waals surface area contributed by atoms with E-state index in [-0.39, 0.29) is 17.8 Å². The second kappa shape index (κ2) is 7.22. The van der Waals surface area contributed by atoms with Gasteiger partial charge in [-0.3, -0.25) is 4.79 Å². The maximum atomic E-state index is 13.5. The fourth-order valence-electron chi connectivity index (χ4n) is 2.28. The van der Waals surface area contributed by atoms with Crippen LogP contribution in [0.15, 0.2) is 24.3 Å². The summed E-state index contributed by atoms with van der Waals surface area (Å²) in [5.74, 6) is -0.704. The summed E-state index contributed by atoms with van der Waals surface area (Å²) in [6.07, 6.45) is -5.03. The highest BCUT2D eigenvalue weighted by atomic mass is 35.5. The molecule has 6 nitrogen and oxygen atoms in total. The van der Waals surface area contributed by atoms with Gasteiger partial charge in [-0.15, -0.1) is 10.2 Å². The van der Waals surface area contributed by atoms with Crippen molar-refractivity contribution in [1.82, 2.24) is 25.1 Å². The van der Waals surface area contributed by atoms with Crippen molar-refractivity contribution in [3.05, 3.63) is 40.7 Å². The summed E-state index contributed by atoms with van der Waals surface area (Å²) in [4.78, 5) is 14.3. The van der Waals surface area contributed by atoms with Gasteiger partial charge in [-0.2, -0.15) is 18.0 Å². The number of carbonyl (C=O) groups is 1. The molecule has 2 rings (SSSR count). The first-order chi connectivity index (χ1) is 11.9. The van der Waals surface area contributed by atoms with Crippen LogP contribution < -0.4 is 0 Å². The molecule has 0 bridgehead atoms. The highest BCUT2D eigenvalue weighted by molar-refractivity contribution is 6.30. The lowest BCUT2D eigenvalue weighted by molar-refractivity contribution is -0.188. The van der Waals surface area contributed by atoms with Crippen LogP contribution in [0.1, 0.15) is 38.2 Å². The highest BCUT2D eigenvalue weighted by Crippen LogP contribution is 2.37. The number of aromatic nitrogens is 4. The molecule has 0 saturated heterocycles. The van der Waals surface area contributed by atoms with E-state index in [0.717, 1.165) is 7.05 Å². The van der Waals surface area contributed by atoms with Crippen LogP contribution in [0.3, 0.4) is 0 Å². The van der Waals surface area contributed by atoms with Gasteiger partial charge in [-0.05, 0) is 43.7 Å². The van der Waals surface area contributed by atoms with E-state index in [2.05, 4.69) is 15.4 Å². The lowest BCUT2D eigenvalue weighted by Gasteiger charge is -2.30. The van der Waals surface area contributed by atoms with Crippen molar-refractivity contribution in [2.75, 3.05) is 7.05 Å². The molecular weight excluding hydrogens is 371 g/mol. The first kappa shape index (κ1) is 20.2. The van der Waals surface area contributed by atoms with Crippen molar-refractivity contribution < 1.29 is 18.0 Å². The average Bonchev–Trinajstić information content (AvgIpc) is 2.96. The van der Waals surface area contributed by atoms with Crippen molar-refractivity contribution in [1.29, 1.82) is 0 Å². The number of amides is 1. The Morgan fingerprint density at radius 3 is 2.27 bits per heavy atom. The van der Waals surface area contributed by atoms with Crippen molar-refractivity contribution in [2.45, 2.75) is 44.9 Å². The number of nitrogens with zero attached hydrogens (tertiary/aromatic N) is 5. The van der Waals surface area contributed by atoms with Gasteiger partial charge in [0.2, 0.25) is 5.91 Å². The molecule has 0 saturated carbocycles. The van der Waals surface area contributed by atoms with E-state index in [4.69, 9.17) is 11.6 Å². The maximum absolute atomic E-state index is 13.5. The van der Waals surface area contributed by atoms with E-state index < -0.39 is 23.7 Å². The van der Waals surface area contributed by atoms with E-state index in [1.54, 1.807) is 0 Å². The Morgan fingerprint density at radius 2 is 1.81 bits per heavy atom. The molecule has 1 amide bonds. The Morgan fingerprint density at radius 1 is 1.23 bits per heavy atom. The summed E-state index contributed by atoms with van der Waals surface area (Å²) < 4.78 is 40.6. The SMILES string of the molecule is CN(C(=O)Cc1nnn(C(C)(C)C)n1)C(c1ccc(Cl)cc1)C(F)(F)F. The Bertz CT molecular complexity index is 767. The van der Waals surface area contributed by atoms with Gasteiger partial charge in [0.25, 0.3) is 0 Å². The minimum absolute atomic E-state index is 0.0637. The minimum atomic E-state index is -4.64. The third kappa shape index (κ3) is 4.72. The number of halogens is 4. The van der Waals surface area contributed by atoms with E-state index in [1.807, 2.05) is 20.8 Å². The summed E-state index contributed by atoms with van der Waals surface area (Å²) in [5, 5.41) is 11.9. The van der Waals surface area contributed by atoms with Gasteiger partial charge in [0.05, 0.1) is 12.0 Å². The number of tetrazole rings is 1. The maximum Gasteiger partial charge on any atom is 0.413 e. The molecule has 10 heteroatoms. The van der Waals surface area contributed by atoms with Crippen molar-refractivity contribution in [3.63, 3.8) is 0 Å². The number of rotatable bonds is 4. The van der Waals surface area contributed by atoms with Crippen LogP contribution in [0, 0.1) is 0 Å². The molecule has 2 aromatic rings. The van der Waals surface area contributed by atoms with E-state index >= 15 is 0 Å². The monoisotopic (exact) mass is 389 g/mol. The van der Waals surface area contributed by atoms with Crippen LogP contribution in [0.5, 0.6) is 0 Å². The molecule has 0 aliphatic carbocycles. The number of hydrogen-bond donors (Lipinski definition) is 0. The molecule has 0 spiro atoms. The molecule has 0 fully saturated rings. The molecule has 0 radical (unpaired) electrons. The van der Waals surface area contributed by atoms with E-state index in [1.165, 1.54) is 29.1 Å². The molecule has 26 heavy (non-hydrogen) atoms. The Kier molecular flexibility index (Phi) is 5.60. The third-order valence-electron chi connectivity index (χ3n) is 3.64. The summed E-state index contributed by atoms with van der Waals surface area (Å²) in [6.45, 7) is 5.52. The molecular formula is C16H19ClF3N5O. The first-order valence-corrected chi connectivity index (χ1v) is 8.14. The molecule has 1 heterocycles. The largest absolute Gasteiger partial charge is 0.413 e. The summed E-state index contributed by atoms with van der Waals surface area (Å²) in [6, 6.07) is 3.11. The Labute approximate surface area is 153 Å². The van der Waals surface area contributed by atoms with Crippen molar-refractivity contribution in [3.8, 4) is 0 Å². The van der Waals surface area contributed by atoms with Crippen LogP contribution in [0.2, 0.25) is 5.02 Å². The quantitative estimate of drug-likeness (QED) is 0.804. The Hall–Kier alpha value is -2.16. The number of carbonyl (C=O) groups excluding carboxylic acids is 1. The standard InChI is InChI=1S/C16H19ClF3N5O/c1-15(2,3)25-22-12(21-23-25)9-13(26)24(4)14(16(18,19)20)10-5-7-11(17)8-6-10/h5-8,14H,9H2,1-4H3. The smallest absolute Gasteiger partial charge is 0.330 e. The lowest BCUT2D eigenvalue weighted by atomic mass is 10.0. The lowest BCUT2D eigenvalue weighted by Crippen LogP contribution is -2.40. The molecule has 1 aromatic heterocycles. The predicted octanol–water partition coefficient (Wildman–Crippen LogP) is 3.39.